The highest BCUT2D eigenvalue weighted by molar-refractivity contribution is 9.10. The van der Waals surface area contributed by atoms with E-state index in [2.05, 4.69) is 26.2 Å². The Balaban J connectivity index is 2.20. The summed E-state index contributed by atoms with van der Waals surface area (Å²) in [7, 11) is 0. The molecule has 0 saturated heterocycles. The van der Waals surface area contributed by atoms with Gasteiger partial charge in [-0.05, 0) is 46.3 Å². The topological polar surface area (TPSA) is 68.0 Å². The van der Waals surface area contributed by atoms with Crippen LogP contribution in [-0.4, -0.2) is 10.9 Å². The summed E-state index contributed by atoms with van der Waals surface area (Å²) in [5.41, 5.74) is 7.22. The molecular formula is C12H10BrN3O. The average Bonchev–Trinajstić information content (AvgIpc) is 2.29. The number of pyridine rings is 1. The van der Waals surface area contributed by atoms with Crippen molar-refractivity contribution in [1.82, 2.24) is 4.98 Å². The van der Waals surface area contributed by atoms with Gasteiger partial charge in [0.1, 0.15) is 5.69 Å². The van der Waals surface area contributed by atoms with E-state index in [9.17, 15) is 4.79 Å². The zero-order chi connectivity index (χ0) is 12.3. The molecule has 0 aliphatic heterocycles. The average molecular weight is 292 g/mol. The number of amides is 1. The number of anilines is 2. The molecule has 0 fully saturated rings. The molecule has 0 atom stereocenters. The SMILES string of the molecule is Nc1cccc(NC(=O)c2ncccc2Br)c1. The summed E-state index contributed by atoms with van der Waals surface area (Å²) in [6.07, 6.45) is 1.57. The highest BCUT2D eigenvalue weighted by atomic mass is 79.9. The van der Waals surface area contributed by atoms with Crippen molar-refractivity contribution >= 4 is 33.2 Å². The molecule has 1 aromatic heterocycles. The van der Waals surface area contributed by atoms with E-state index in [-0.39, 0.29) is 5.91 Å². The largest absolute Gasteiger partial charge is 0.399 e. The van der Waals surface area contributed by atoms with Gasteiger partial charge in [-0.25, -0.2) is 4.98 Å². The molecule has 5 heteroatoms. The van der Waals surface area contributed by atoms with E-state index in [1.807, 2.05) is 0 Å². The summed E-state index contributed by atoms with van der Waals surface area (Å²) in [6, 6.07) is 10.5. The molecule has 1 amide bonds. The van der Waals surface area contributed by atoms with Crippen molar-refractivity contribution in [1.29, 1.82) is 0 Å². The number of nitrogens with one attached hydrogen (secondary N) is 1. The Bertz CT molecular complexity index is 557. The second kappa shape index (κ2) is 4.97. The molecule has 4 nitrogen and oxygen atoms in total. The summed E-state index contributed by atoms with van der Waals surface area (Å²) in [5.74, 6) is -0.275. The fourth-order valence-electron chi connectivity index (χ4n) is 1.36. The van der Waals surface area contributed by atoms with Crippen LogP contribution in [0, 0.1) is 0 Å². The quantitative estimate of drug-likeness (QED) is 0.836. The first kappa shape index (κ1) is 11.6. The zero-order valence-corrected chi connectivity index (χ0v) is 10.4. The molecule has 3 N–H and O–H groups in total. The van der Waals surface area contributed by atoms with Crippen molar-refractivity contribution in [3.8, 4) is 0 Å². The third-order valence-corrected chi connectivity index (χ3v) is 2.76. The number of aromatic nitrogens is 1. The van der Waals surface area contributed by atoms with E-state index < -0.39 is 0 Å². The normalized spacial score (nSPS) is 9.94. The molecule has 1 aromatic carbocycles. The number of nitrogens with two attached hydrogens (primary N) is 1. The Morgan fingerprint density at radius 2 is 2.12 bits per heavy atom. The van der Waals surface area contributed by atoms with Crippen LogP contribution in [0.1, 0.15) is 10.5 Å². The molecule has 2 rings (SSSR count). The monoisotopic (exact) mass is 291 g/mol. The summed E-state index contributed by atoms with van der Waals surface area (Å²) < 4.78 is 0.654. The molecule has 0 saturated carbocycles. The van der Waals surface area contributed by atoms with E-state index in [0.717, 1.165) is 0 Å². The van der Waals surface area contributed by atoms with E-state index in [0.29, 0.717) is 21.5 Å². The molecule has 0 bridgehead atoms. The minimum Gasteiger partial charge on any atom is -0.399 e. The van der Waals surface area contributed by atoms with Crippen molar-refractivity contribution in [2.24, 2.45) is 0 Å². The molecule has 0 aliphatic rings. The molecule has 86 valence electrons. The van der Waals surface area contributed by atoms with Gasteiger partial charge in [0.15, 0.2) is 0 Å². The molecular weight excluding hydrogens is 282 g/mol. The van der Waals surface area contributed by atoms with Crippen molar-refractivity contribution in [2.45, 2.75) is 0 Å². The first-order valence-electron chi connectivity index (χ1n) is 4.94. The van der Waals surface area contributed by atoms with Crippen LogP contribution in [0.2, 0.25) is 0 Å². The molecule has 2 aromatic rings. The first-order valence-corrected chi connectivity index (χ1v) is 5.73. The van der Waals surface area contributed by atoms with Crippen LogP contribution >= 0.6 is 15.9 Å². The van der Waals surface area contributed by atoms with Gasteiger partial charge >= 0.3 is 0 Å². The van der Waals surface area contributed by atoms with E-state index in [4.69, 9.17) is 5.73 Å². The lowest BCUT2D eigenvalue weighted by molar-refractivity contribution is 0.102. The van der Waals surface area contributed by atoms with Crippen LogP contribution in [0.15, 0.2) is 47.1 Å². The van der Waals surface area contributed by atoms with Crippen LogP contribution in [0.5, 0.6) is 0 Å². The standard InChI is InChI=1S/C12H10BrN3O/c13-10-5-2-6-15-11(10)12(17)16-9-4-1-3-8(14)7-9/h1-7H,14H2,(H,16,17). The van der Waals surface area contributed by atoms with Gasteiger partial charge in [-0.15, -0.1) is 0 Å². The number of benzene rings is 1. The number of nitrogen functional groups attached to an aromatic ring is 1. The lowest BCUT2D eigenvalue weighted by Gasteiger charge is -2.06. The van der Waals surface area contributed by atoms with Crippen LogP contribution in [0.4, 0.5) is 11.4 Å². The number of halogens is 1. The Morgan fingerprint density at radius 3 is 2.82 bits per heavy atom. The molecule has 0 aliphatic carbocycles. The molecule has 1 heterocycles. The lowest BCUT2D eigenvalue weighted by Crippen LogP contribution is -2.14. The van der Waals surface area contributed by atoms with Crippen LogP contribution in [0.25, 0.3) is 0 Å². The number of nitrogens with zero attached hydrogens (tertiary/aromatic N) is 1. The molecule has 0 spiro atoms. The number of hydrogen-bond acceptors (Lipinski definition) is 3. The van der Waals surface area contributed by atoms with E-state index in [1.165, 1.54) is 0 Å². The molecule has 0 radical (unpaired) electrons. The van der Waals surface area contributed by atoms with Gasteiger partial charge in [0, 0.05) is 22.0 Å². The van der Waals surface area contributed by atoms with Gasteiger partial charge in [-0.1, -0.05) is 6.07 Å². The van der Waals surface area contributed by atoms with Gasteiger partial charge in [0.25, 0.3) is 5.91 Å². The Hall–Kier alpha value is -1.88. The summed E-state index contributed by atoms with van der Waals surface area (Å²) >= 11 is 3.28. The maximum atomic E-state index is 11.9. The third-order valence-electron chi connectivity index (χ3n) is 2.12. The first-order chi connectivity index (χ1) is 8.16. The fraction of sp³-hybridized carbons (Fsp3) is 0. The molecule has 17 heavy (non-hydrogen) atoms. The number of carbonyl (C=O) groups excluding carboxylic acids is 1. The van der Waals surface area contributed by atoms with Crippen LogP contribution in [-0.2, 0) is 0 Å². The summed E-state index contributed by atoms with van der Waals surface area (Å²) in [5, 5.41) is 2.73. The number of rotatable bonds is 2. The highest BCUT2D eigenvalue weighted by Gasteiger charge is 2.10. The third kappa shape index (κ3) is 2.82. The minimum atomic E-state index is -0.275. The van der Waals surface area contributed by atoms with Crippen molar-refractivity contribution < 1.29 is 4.79 Å². The minimum absolute atomic E-state index is 0.275. The van der Waals surface area contributed by atoms with Crippen molar-refractivity contribution in [2.75, 3.05) is 11.1 Å². The van der Waals surface area contributed by atoms with E-state index >= 15 is 0 Å². The zero-order valence-electron chi connectivity index (χ0n) is 8.85. The lowest BCUT2D eigenvalue weighted by atomic mass is 10.2. The number of hydrogen-bond donors (Lipinski definition) is 2. The second-order valence-electron chi connectivity index (χ2n) is 3.41. The summed E-state index contributed by atoms with van der Waals surface area (Å²) in [4.78, 5) is 15.9. The second-order valence-corrected chi connectivity index (χ2v) is 4.27. The van der Waals surface area contributed by atoms with Gasteiger partial charge in [0.2, 0.25) is 0 Å². The Morgan fingerprint density at radius 1 is 1.29 bits per heavy atom. The van der Waals surface area contributed by atoms with Crippen molar-refractivity contribution in [3.63, 3.8) is 0 Å². The van der Waals surface area contributed by atoms with Gasteiger partial charge in [-0.2, -0.15) is 0 Å². The molecule has 0 unspecified atom stereocenters. The predicted octanol–water partition coefficient (Wildman–Crippen LogP) is 2.68. The van der Waals surface area contributed by atoms with Crippen molar-refractivity contribution in [3.05, 3.63) is 52.8 Å². The van der Waals surface area contributed by atoms with E-state index in [1.54, 1.807) is 42.6 Å². The number of carbonyl (C=O) groups is 1. The van der Waals surface area contributed by atoms with Gasteiger partial charge in [0.05, 0.1) is 0 Å². The van der Waals surface area contributed by atoms with Crippen LogP contribution in [0.3, 0.4) is 0 Å². The van der Waals surface area contributed by atoms with Crippen LogP contribution < -0.4 is 11.1 Å². The Kier molecular flexibility index (Phi) is 3.39. The smallest absolute Gasteiger partial charge is 0.275 e. The fourth-order valence-corrected chi connectivity index (χ4v) is 1.79. The predicted molar refractivity (Wildman–Crippen MR) is 70.7 cm³/mol. The Labute approximate surface area is 107 Å². The highest BCUT2D eigenvalue weighted by Crippen LogP contribution is 2.16. The summed E-state index contributed by atoms with van der Waals surface area (Å²) in [6.45, 7) is 0. The van der Waals surface area contributed by atoms with Gasteiger partial charge in [-0.3, -0.25) is 4.79 Å². The maximum Gasteiger partial charge on any atom is 0.275 e. The van der Waals surface area contributed by atoms with Gasteiger partial charge < -0.3 is 11.1 Å². The maximum absolute atomic E-state index is 11.9.